The fourth-order valence-electron chi connectivity index (χ4n) is 1.15. The van der Waals surface area contributed by atoms with Gasteiger partial charge in [0.25, 0.3) is 5.91 Å². The minimum atomic E-state index is -0.205. The van der Waals surface area contributed by atoms with Gasteiger partial charge in [-0.15, -0.1) is 0 Å². The summed E-state index contributed by atoms with van der Waals surface area (Å²) >= 11 is 0. The van der Waals surface area contributed by atoms with E-state index in [0.717, 1.165) is 0 Å². The van der Waals surface area contributed by atoms with Crippen molar-refractivity contribution < 1.29 is 4.79 Å². The molecule has 0 atom stereocenters. The first kappa shape index (κ1) is 11.4. The van der Waals surface area contributed by atoms with Crippen LogP contribution in [0.5, 0.6) is 0 Å². The molecule has 0 saturated carbocycles. The zero-order valence-electron chi connectivity index (χ0n) is 9.46. The van der Waals surface area contributed by atoms with Crippen LogP contribution in [-0.4, -0.2) is 30.0 Å². The highest BCUT2D eigenvalue weighted by Gasteiger charge is 2.14. The Balaban J connectivity index is 3.19. The summed E-state index contributed by atoms with van der Waals surface area (Å²) < 4.78 is 0. The topological polar surface area (TPSA) is 66.9 Å². The van der Waals surface area contributed by atoms with Crippen LogP contribution in [0.15, 0.2) is 6.20 Å². The van der Waals surface area contributed by atoms with E-state index in [1.807, 2.05) is 13.8 Å². The summed E-state index contributed by atoms with van der Waals surface area (Å²) in [6.45, 7) is 3.98. The maximum Gasteiger partial charge on any atom is 0.271 e. The van der Waals surface area contributed by atoms with Gasteiger partial charge in [-0.3, -0.25) is 4.79 Å². The Morgan fingerprint density at radius 2 is 2.07 bits per heavy atom. The Labute approximate surface area is 89.3 Å². The third-order valence-electron chi connectivity index (χ3n) is 2.04. The van der Waals surface area contributed by atoms with Crippen LogP contribution >= 0.6 is 0 Å². The van der Waals surface area contributed by atoms with Crippen molar-refractivity contribution in [1.29, 1.82) is 0 Å². The fraction of sp³-hybridized carbons (Fsp3) is 0.500. The first-order valence-electron chi connectivity index (χ1n) is 4.87. The van der Waals surface area contributed by atoms with Crippen molar-refractivity contribution in [2.24, 2.45) is 0 Å². The van der Waals surface area contributed by atoms with E-state index in [1.54, 1.807) is 20.3 Å². The van der Waals surface area contributed by atoms with Crippen LogP contribution in [-0.2, 0) is 0 Å². The van der Waals surface area contributed by atoms with E-state index >= 15 is 0 Å². The molecule has 82 valence electrons. The molecule has 0 aliphatic rings. The number of nitrogens with zero attached hydrogens (tertiary/aromatic N) is 2. The molecule has 1 heterocycles. The molecule has 2 N–H and O–H groups in total. The summed E-state index contributed by atoms with van der Waals surface area (Å²) in [7, 11) is 3.32. The van der Waals surface area contributed by atoms with Crippen molar-refractivity contribution in [3.63, 3.8) is 0 Å². The molecule has 0 saturated heterocycles. The average Bonchev–Trinajstić information content (AvgIpc) is 2.27. The van der Waals surface area contributed by atoms with Gasteiger partial charge in [0, 0.05) is 20.0 Å². The van der Waals surface area contributed by atoms with Gasteiger partial charge in [0.1, 0.15) is 5.82 Å². The van der Waals surface area contributed by atoms with Crippen molar-refractivity contribution in [2.45, 2.75) is 19.8 Å². The Kier molecular flexibility index (Phi) is 3.60. The zero-order valence-corrected chi connectivity index (χ0v) is 9.46. The molecule has 0 aliphatic heterocycles. The molecule has 0 spiro atoms. The van der Waals surface area contributed by atoms with Crippen LogP contribution in [0.25, 0.3) is 0 Å². The Morgan fingerprint density at radius 1 is 1.40 bits per heavy atom. The third-order valence-corrected chi connectivity index (χ3v) is 2.04. The lowest BCUT2D eigenvalue weighted by atomic mass is 10.2. The van der Waals surface area contributed by atoms with Crippen LogP contribution in [0.3, 0.4) is 0 Å². The molecule has 0 bridgehead atoms. The summed E-state index contributed by atoms with van der Waals surface area (Å²) in [5, 5.41) is 5.44. The second-order valence-corrected chi connectivity index (χ2v) is 3.47. The number of carbonyl (C=O) groups is 1. The summed E-state index contributed by atoms with van der Waals surface area (Å²) in [6.07, 6.45) is 1.63. The van der Waals surface area contributed by atoms with Crippen LogP contribution in [0.1, 0.15) is 36.1 Å². The maximum atomic E-state index is 11.5. The van der Waals surface area contributed by atoms with E-state index < -0.39 is 0 Å². The molecule has 1 amide bonds. The molecule has 5 heteroatoms. The van der Waals surface area contributed by atoms with Crippen molar-refractivity contribution in [2.75, 3.05) is 19.4 Å². The number of aromatic nitrogens is 2. The maximum absolute atomic E-state index is 11.5. The van der Waals surface area contributed by atoms with Gasteiger partial charge in [-0.2, -0.15) is 0 Å². The van der Waals surface area contributed by atoms with Gasteiger partial charge < -0.3 is 10.6 Å². The number of rotatable bonds is 3. The van der Waals surface area contributed by atoms with Crippen molar-refractivity contribution in [3.8, 4) is 0 Å². The number of anilines is 1. The lowest BCUT2D eigenvalue weighted by molar-refractivity contribution is 0.0958. The van der Waals surface area contributed by atoms with Crippen molar-refractivity contribution >= 4 is 11.6 Å². The van der Waals surface area contributed by atoms with Crippen LogP contribution in [0, 0.1) is 0 Å². The molecule has 1 rings (SSSR count). The smallest absolute Gasteiger partial charge is 0.271 e. The number of amides is 1. The molecule has 0 fully saturated rings. The van der Waals surface area contributed by atoms with E-state index in [-0.39, 0.29) is 11.8 Å². The molecule has 15 heavy (non-hydrogen) atoms. The summed E-state index contributed by atoms with van der Waals surface area (Å²) in [5.41, 5.74) is 1.03. The van der Waals surface area contributed by atoms with Crippen LogP contribution in [0.4, 0.5) is 5.69 Å². The minimum absolute atomic E-state index is 0.205. The molecule has 0 unspecified atom stereocenters. The van der Waals surface area contributed by atoms with Gasteiger partial charge in [0.15, 0.2) is 5.69 Å². The highest BCUT2D eigenvalue weighted by Crippen LogP contribution is 2.15. The average molecular weight is 208 g/mol. The van der Waals surface area contributed by atoms with Crippen molar-refractivity contribution in [3.05, 3.63) is 17.7 Å². The standard InChI is InChI=1S/C10H16N4O/c1-6(2)9-13-5-7(11-3)8(14-9)10(15)12-4/h5-6,11H,1-4H3,(H,12,15). The Morgan fingerprint density at radius 3 is 2.53 bits per heavy atom. The first-order valence-corrected chi connectivity index (χ1v) is 4.87. The highest BCUT2D eigenvalue weighted by atomic mass is 16.1. The summed E-state index contributed by atoms with van der Waals surface area (Å²) in [4.78, 5) is 19.9. The number of carbonyl (C=O) groups excluding carboxylic acids is 1. The molecule has 5 nitrogen and oxygen atoms in total. The number of hydrogen-bond acceptors (Lipinski definition) is 4. The Hall–Kier alpha value is -1.65. The van der Waals surface area contributed by atoms with E-state index in [2.05, 4.69) is 20.6 Å². The molecular formula is C10H16N4O. The predicted molar refractivity (Wildman–Crippen MR) is 59.1 cm³/mol. The SMILES string of the molecule is CNC(=O)c1nc(C(C)C)ncc1NC. The van der Waals surface area contributed by atoms with Gasteiger partial charge in [0.2, 0.25) is 0 Å². The summed E-state index contributed by atoms with van der Waals surface area (Å²) in [5.74, 6) is 0.676. The van der Waals surface area contributed by atoms with Crippen molar-refractivity contribution in [1.82, 2.24) is 15.3 Å². The molecule has 0 radical (unpaired) electrons. The first-order chi connectivity index (χ1) is 7.10. The van der Waals surface area contributed by atoms with E-state index in [0.29, 0.717) is 17.2 Å². The second-order valence-electron chi connectivity index (χ2n) is 3.47. The van der Waals surface area contributed by atoms with Gasteiger partial charge in [-0.25, -0.2) is 9.97 Å². The molecule has 0 aromatic carbocycles. The molecular weight excluding hydrogens is 192 g/mol. The van der Waals surface area contributed by atoms with E-state index in [9.17, 15) is 4.79 Å². The predicted octanol–water partition coefficient (Wildman–Crippen LogP) is 1.00. The molecule has 0 aliphatic carbocycles. The minimum Gasteiger partial charge on any atom is -0.385 e. The summed E-state index contributed by atoms with van der Waals surface area (Å²) in [6, 6.07) is 0. The molecule has 1 aromatic heterocycles. The zero-order chi connectivity index (χ0) is 11.4. The normalized spacial score (nSPS) is 10.2. The lowest BCUT2D eigenvalue weighted by Crippen LogP contribution is -2.22. The van der Waals surface area contributed by atoms with Crippen LogP contribution in [0.2, 0.25) is 0 Å². The van der Waals surface area contributed by atoms with Gasteiger partial charge in [-0.05, 0) is 0 Å². The lowest BCUT2D eigenvalue weighted by Gasteiger charge is -2.09. The largest absolute Gasteiger partial charge is 0.385 e. The van der Waals surface area contributed by atoms with E-state index in [1.165, 1.54) is 0 Å². The fourth-order valence-corrected chi connectivity index (χ4v) is 1.15. The number of nitrogens with one attached hydrogen (secondary N) is 2. The Bertz CT molecular complexity index is 362. The third kappa shape index (κ3) is 2.43. The van der Waals surface area contributed by atoms with Crippen LogP contribution < -0.4 is 10.6 Å². The van der Waals surface area contributed by atoms with Gasteiger partial charge >= 0.3 is 0 Å². The molecule has 1 aromatic rings. The quantitative estimate of drug-likeness (QED) is 0.777. The van der Waals surface area contributed by atoms with Gasteiger partial charge in [0.05, 0.1) is 11.9 Å². The number of hydrogen-bond donors (Lipinski definition) is 2. The monoisotopic (exact) mass is 208 g/mol. The highest BCUT2D eigenvalue weighted by molar-refractivity contribution is 5.97. The second kappa shape index (κ2) is 4.72. The van der Waals surface area contributed by atoms with Gasteiger partial charge in [-0.1, -0.05) is 13.8 Å². The van der Waals surface area contributed by atoms with E-state index in [4.69, 9.17) is 0 Å².